The maximum Gasteiger partial charge on any atom is 0.330 e. The van der Waals surface area contributed by atoms with Crippen LogP contribution in [0.25, 0.3) is 6.08 Å². The van der Waals surface area contributed by atoms with Crippen molar-refractivity contribution in [2.45, 2.75) is 30.5 Å². The molecule has 0 aromatic heterocycles. The molecule has 1 fully saturated rings. The second-order valence-corrected chi connectivity index (χ2v) is 5.46. The number of carbonyl (C=O) groups is 1. The molecule has 0 radical (unpaired) electrons. The first-order valence-electron chi connectivity index (χ1n) is 7.28. The van der Waals surface area contributed by atoms with Crippen LogP contribution in [0.4, 0.5) is 0 Å². The smallest absolute Gasteiger partial charge is 0.330 e. The molecule has 5 N–H and O–H groups in total. The van der Waals surface area contributed by atoms with Gasteiger partial charge in [-0.25, -0.2) is 4.79 Å². The Morgan fingerprint density at radius 2 is 1.92 bits per heavy atom. The molecule has 1 unspecified atom stereocenters. The predicted octanol–water partition coefficient (Wildman–Crippen LogP) is -0.907. The number of hydrogen-bond donors (Lipinski definition) is 5. The molecule has 0 aliphatic carbocycles. The molecule has 1 aliphatic heterocycles. The summed E-state index contributed by atoms with van der Waals surface area (Å²) in [4.78, 5) is 11.1. The average molecular weight is 340 g/mol. The highest BCUT2D eigenvalue weighted by Crippen LogP contribution is 2.34. The molecule has 1 heterocycles. The van der Waals surface area contributed by atoms with E-state index in [0.29, 0.717) is 11.1 Å². The number of ether oxygens (including phenoxy) is 2. The Kier molecular flexibility index (Phi) is 5.92. The van der Waals surface area contributed by atoms with Crippen LogP contribution in [0.2, 0.25) is 0 Å². The zero-order chi connectivity index (χ0) is 17.9. The summed E-state index contributed by atoms with van der Waals surface area (Å²) >= 11 is 0. The van der Waals surface area contributed by atoms with E-state index in [1.807, 2.05) is 0 Å². The number of aliphatic hydroxyl groups is 4. The van der Waals surface area contributed by atoms with E-state index in [-0.39, 0.29) is 5.75 Å². The minimum absolute atomic E-state index is 0.144. The topological polar surface area (TPSA) is 137 Å². The Balaban J connectivity index is 2.31. The fourth-order valence-electron chi connectivity index (χ4n) is 2.53. The SMILES string of the molecule is COC(=O)/C=C/c1cc(O)cc(C2O[C@H](CO)[C@@H](O)[C@H](O)[C@H]2O)c1. The molecular weight excluding hydrogens is 320 g/mol. The number of methoxy groups -OCH3 is 1. The number of benzene rings is 1. The van der Waals surface area contributed by atoms with Crippen molar-refractivity contribution in [1.82, 2.24) is 0 Å². The third-order valence-corrected chi connectivity index (χ3v) is 3.80. The highest BCUT2D eigenvalue weighted by Gasteiger charge is 2.44. The van der Waals surface area contributed by atoms with Crippen molar-refractivity contribution in [3.63, 3.8) is 0 Å². The molecule has 0 bridgehead atoms. The first-order chi connectivity index (χ1) is 11.4. The normalized spacial score (nSPS) is 30.5. The van der Waals surface area contributed by atoms with E-state index in [1.54, 1.807) is 0 Å². The first kappa shape index (κ1) is 18.4. The molecule has 1 aromatic carbocycles. The summed E-state index contributed by atoms with van der Waals surface area (Å²) in [6.45, 7) is -0.546. The van der Waals surface area contributed by atoms with Crippen LogP contribution in [-0.4, -0.2) is 69.6 Å². The molecule has 0 amide bonds. The lowest BCUT2D eigenvalue weighted by molar-refractivity contribution is -0.231. The summed E-state index contributed by atoms with van der Waals surface area (Å²) < 4.78 is 9.92. The summed E-state index contributed by atoms with van der Waals surface area (Å²) in [7, 11) is 1.23. The van der Waals surface area contributed by atoms with E-state index in [2.05, 4.69) is 4.74 Å². The van der Waals surface area contributed by atoms with Crippen molar-refractivity contribution < 1.29 is 39.8 Å². The third-order valence-electron chi connectivity index (χ3n) is 3.80. The van der Waals surface area contributed by atoms with Gasteiger partial charge < -0.3 is 35.0 Å². The largest absolute Gasteiger partial charge is 0.508 e. The molecule has 0 spiro atoms. The van der Waals surface area contributed by atoms with Gasteiger partial charge in [0.2, 0.25) is 0 Å². The summed E-state index contributed by atoms with van der Waals surface area (Å²) in [5.41, 5.74) is 0.753. The number of phenols is 1. The summed E-state index contributed by atoms with van der Waals surface area (Å²) in [6, 6.07) is 4.24. The number of aliphatic hydroxyl groups excluding tert-OH is 4. The van der Waals surface area contributed by atoms with Crippen LogP contribution in [-0.2, 0) is 14.3 Å². The van der Waals surface area contributed by atoms with Gasteiger partial charge in [-0.2, -0.15) is 0 Å². The number of aromatic hydroxyl groups is 1. The number of esters is 1. The summed E-state index contributed by atoms with van der Waals surface area (Å²) in [5, 5.41) is 48.8. The fourth-order valence-corrected chi connectivity index (χ4v) is 2.53. The highest BCUT2D eigenvalue weighted by atomic mass is 16.5. The van der Waals surface area contributed by atoms with Crippen LogP contribution < -0.4 is 0 Å². The standard InChI is InChI=1S/C16H20O8/c1-23-12(19)3-2-8-4-9(6-10(18)5-8)16-15(22)14(21)13(20)11(7-17)24-16/h2-6,11,13-18,20-22H,7H2,1H3/b3-2+/t11-,13-,14+,15-,16?/m1/s1. The van der Waals surface area contributed by atoms with Crippen LogP contribution in [0.15, 0.2) is 24.3 Å². The maximum absolute atomic E-state index is 11.1. The number of phenolic OH excluding ortho intramolecular Hbond substituents is 1. The van der Waals surface area contributed by atoms with E-state index >= 15 is 0 Å². The Morgan fingerprint density at radius 3 is 2.54 bits per heavy atom. The number of carbonyl (C=O) groups excluding carboxylic acids is 1. The number of hydrogen-bond acceptors (Lipinski definition) is 8. The molecule has 1 aromatic rings. The second kappa shape index (κ2) is 7.73. The lowest BCUT2D eigenvalue weighted by Crippen LogP contribution is -2.55. The molecule has 1 saturated heterocycles. The first-order valence-corrected chi connectivity index (χ1v) is 7.28. The minimum Gasteiger partial charge on any atom is -0.508 e. The van der Waals surface area contributed by atoms with Gasteiger partial charge >= 0.3 is 5.97 Å². The van der Waals surface area contributed by atoms with Gasteiger partial charge in [0, 0.05) is 6.08 Å². The maximum atomic E-state index is 11.1. The van der Waals surface area contributed by atoms with Crippen molar-refractivity contribution in [3.05, 3.63) is 35.4 Å². The zero-order valence-corrected chi connectivity index (χ0v) is 12.9. The van der Waals surface area contributed by atoms with Crippen LogP contribution in [0.3, 0.4) is 0 Å². The van der Waals surface area contributed by atoms with Gasteiger partial charge in [0.25, 0.3) is 0 Å². The van der Waals surface area contributed by atoms with Crippen molar-refractivity contribution in [3.8, 4) is 5.75 Å². The van der Waals surface area contributed by atoms with Crippen LogP contribution in [0, 0.1) is 0 Å². The Hall–Kier alpha value is -1.97. The monoisotopic (exact) mass is 340 g/mol. The van der Waals surface area contributed by atoms with Crippen LogP contribution in [0.1, 0.15) is 17.2 Å². The van der Waals surface area contributed by atoms with E-state index in [9.17, 15) is 30.3 Å². The molecule has 24 heavy (non-hydrogen) atoms. The van der Waals surface area contributed by atoms with Gasteiger partial charge in [0.05, 0.1) is 13.7 Å². The Morgan fingerprint density at radius 1 is 1.21 bits per heavy atom. The molecular formula is C16H20O8. The van der Waals surface area contributed by atoms with Gasteiger partial charge in [0.1, 0.15) is 36.3 Å². The molecule has 8 nitrogen and oxygen atoms in total. The molecule has 8 heteroatoms. The van der Waals surface area contributed by atoms with Gasteiger partial charge in [-0.15, -0.1) is 0 Å². The van der Waals surface area contributed by atoms with Crippen molar-refractivity contribution in [2.75, 3.05) is 13.7 Å². The summed E-state index contributed by atoms with van der Waals surface area (Å²) in [6.07, 6.45) is -4.00. The zero-order valence-electron chi connectivity index (χ0n) is 12.9. The van der Waals surface area contributed by atoms with Gasteiger partial charge in [-0.1, -0.05) is 0 Å². The van der Waals surface area contributed by atoms with E-state index < -0.39 is 43.1 Å². The second-order valence-electron chi connectivity index (χ2n) is 5.46. The lowest BCUT2D eigenvalue weighted by Gasteiger charge is -2.40. The van der Waals surface area contributed by atoms with Crippen LogP contribution in [0.5, 0.6) is 5.75 Å². The highest BCUT2D eigenvalue weighted by molar-refractivity contribution is 5.87. The quantitative estimate of drug-likeness (QED) is 0.351. The van der Waals surface area contributed by atoms with Crippen molar-refractivity contribution in [2.24, 2.45) is 0 Å². The number of rotatable bonds is 4. The summed E-state index contributed by atoms with van der Waals surface area (Å²) in [5.74, 6) is -0.721. The van der Waals surface area contributed by atoms with Gasteiger partial charge in [0.15, 0.2) is 0 Å². The predicted molar refractivity (Wildman–Crippen MR) is 81.9 cm³/mol. The Bertz CT molecular complexity index is 612. The molecule has 132 valence electrons. The third kappa shape index (κ3) is 3.92. The van der Waals surface area contributed by atoms with Gasteiger partial charge in [-0.3, -0.25) is 0 Å². The fraction of sp³-hybridized carbons (Fsp3) is 0.438. The minimum atomic E-state index is -1.52. The molecule has 1 aliphatic rings. The molecule has 5 atom stereocenters. The molecule has 2 rings (SSSR count). The van der Waals surface area contributed by atoms with E-state index in [4.69, 9.17) is 4.74 Å². The lowest BCUT2D eigenvalue weighted by atomic mass is 9.90. The van der Waals surface area contributed by atoms with Crippen molar-refractivity contribution >= 4 is 12.0 Å². The van der Waals surface area contributed by atoms with Crippen LogP contribution >= 0.6 is 0 Å². The Labute approximate surface area is 138 Å². The molecule has 0 saturated carbocycles. The van der Waals surface area contributed by atoms with Gasteiger partial charge in [-0.05, 0) is 35.4 Å². The van der Waals surface area contributed by atoms with E-state index in [0.717, 1.165) is 6.08 Å². The average Bonchev–Trinajstić information content (AvgIpc) is 2.57. The van der Waals surface area contributed by atoms with E-state index in [1.165, 1.54) is 31.4 Å². The van der Waals surface area contributed by atoms with Crippen molar-refractivity contribution in [1.29, 1.82) is 0 Å².